The van der Waals surface area contributed by atoms with E-state index in [0.29, 0.717) is 0 Å². The first-order valence-corrected chi connectivity index (χ1v) is 7.89. The van der Waals surface area contributed by atoms with Crippen LogP contribution in [0.2, 0.25) is 0 Å². The highest BCUT2D eigenvalue weighted by Gasteiger charge is 2.25. The molecule has 1 unspecified atom stereocenters. The van der Waals surface area contributed by atoms with E-state index >= 15 is 0 Å². The molecule has 1 amide bonds. The number of amides is 1. The molecular weight excluding hydrogens is 328 g/mol. The van der Waals surface area contributed by atoms with Gasteiger partial charge in [0.1, 0.15) is 6.04 Å². The van der Waals surface area contributed by atoms with Gasteiger partial charge in [0.05, 0.1) is 0 Å². The second-order valence-electron chi connectivity index (χ2n) is 5.73. The first kappa shape index (κ1) is 18.6. The molecule has 0 saturated carbocycles. The number of aryl methyl sites for hydroxylation is 1. The highest BCUT2D eigenvalue weighted by molar-refractivity contribution is 5.83. The summed E-state index contributed by atoms with van der Waals surface area (Å²) >= 11 is 0. The summed E-state index contributed by atoms with van der Waals surface area (Å²) in [5, 5.41) is 9.24. The molecule has 25 heavy (non-hydrogen) atoms. The minimum absolute atomic E-state index is 0.0000550. The molecule has 0 spiro atoms. The summed E-state index contributed by atoms with van der Waals surface area (Å²) in [4.78, 5) is 25.0. The molecule has 1 atom stereocenters. The van der Waals surface area contributed by atoms with Crippen LogP contribution in [0.3, 0.4) is 0 Å². The third kappa shape index (κ3) is 4.86. The Hall–Kier alpha value is -2.76. The third-order valence-electron chi connectivity index (χ3n) is 3.98. The van der Waals surface area contributed by atoms with Gasteiger partial charge in [0.2, 0.25) is 5.91 Å². The average Bonchev–Trinajstić information content (AvgIpc) is 2.61. The largest absolute Gasteiger partial charge is 0.480 e. The lowest BCUT2D eigenvalue weighted by Gasteiger charge is -2.27. The van der Waals surface area contributed by atoms with E-state index in [1.165, 1.54) is 24.0 Å². The van der Waals surface area contributed by atoms with Crippen molar-refractivity contribution >= 4 is 11.9 Å². The summed E-state index contributed by atoms with van der Waals surface area (Å²) in [6.45, 7) is 1.56. The van der Waals surface area contributed by atoms with E-state index in [-0.39, 0.29) is 24.9 Å². The summed E-state index contributed by atoms with van der Waals surface area (Å²) in [6.07, 6.45) is -0.106. The van der Waals surface area contributed by atoms with Crippen molar-refractivity contribution in [1.82, 2.24) is 4.90 Å². The molecule has 0 aliphatic heterocycles. The van der Waals surface area contributed by atoms with Gasteiger partial charge in [0, 0.05) is 13.0 Å². The first-order valence-electron chi connectivity index (χ1n) is 7.89. The molecule has 6 heteroatoms. The molecule has 0 aromatic heterocycles. The van der Waals surface area contributed by atoms with Gasteiger partial charge in [-0.05, 0) is 30.5 Å². The van der Waals surface area contributed by atoms with Crippen LogP contribution in [0.25, 0.3) is 0 Å². The summed E-state index contributed by atoms with van der Waals surface area (Å²) in [7, 11) is 0. The first-order chi connectivity index (χ1) is 11.9. The van der Waals surface area contributed by atoms with Gasteiger partial charge in [-0.15, -0.1) is 0 Å². The number of carbonyl (C=O) groups excluding carboxylic acids is 1. The molecule has 4 nitrogen and oxygen atoms in total. The Morgan fingerprint density at radius 1 is 1.08 bits per heavy atom. The molecular formula is C19H19F2NO3. The number of benzene rings is 2. The molecule has 0 heterocycles. The number of hydrogen-bond donors (Lipinski definition) is 1. The fourth-order valence-electron chi connectivity index (χ4n) is 2.48. The smallest absolute Gasteiger partial charge is 0.326 e. The van der Waals surface area contributed by atoms with E-state index in [2.05, 4.69) is 0 Å². The number of aliphatic carboxylic acids is 1. The number of carboxylic acid groups (broad SMARTS) is 1. The Morgan fingerprint density at radius 3 is 2.40 bits per heavy atom. The third-order valence-corrected chi connectivity index (χ3v) is 3.98. The van der Waals surface area contributed by atoms with Crippen LogP contribution in [-0.2, 0) is 22.6 Å². The predicted octanol–water partition coefficient (Wildman–Crippen LogP) is 3.40. The van der Waals surface area contributed by atoms with Gasteiger partial charge < -0.3 is 10.0 Å². The lowest BCUT2D eigenvalue weighted by molar-refractivity contribution is -0.150. The standard InChI is InChI=1S/C19H19F2NO3/c1-13(19(24)25)22(12-14-6-3-2-4-7-14)17(23)11-10-15-8-5-9-16(20)18(15)21/h2-9,13H,10-12H2,1H3,(H,24,25). The van der Waals surface area contributed by atoms with Gasteiger partial charge in [-0.1, -0.05) is 42.5 Å². The quantitative estimate of drug-likeness (QED) is 0.835. The van der Waals surface area contributed by atoms with Gasteiger partial charge in [0.25, 0.3) is 0 Å². The Morgan fingerprint density at radius 2 is 1.76 bits per heavy atom. The lowest BCUT2D eigenvalue weighted by Crippen LogP contribution is -2.42. The maximum Gasteiger partial charge on any atom is 0.326 e. The number of nitrogens with zero attached hydrogens (tertiary/aromatic N) is 1. The molecule has 2 aromatic carbocycles. The second kappa shape index (κ2) is 8.37. The number of rotatable bonds is 7. The summed E-state index contributed by atoms with van der Waals surface area (Å²) < 4.78 is 26.9. The van der Waals surface area contributed by atoms with Crippen LogP contribution >= 0.6 is 0 Å². The summed E-state index contributed by atoms with van der Waals surface area (Å²) in [5.74, 6) is -3.50. The normalized spacial score (nSPS) is 11.8. The SMILES string of the molecule is CC(C(=O)O)N(Cc1ccccc1)C(=O)CCc1cccc(F)c1F. The molecule has 0 fully saturated rings. The average molecular weight is 347 g/mol. The molecule has 0 aliphatic carbocycles. The van der Waals surface area contributed by atoms with Gasteiger partial charge >= 0.3 is 5.97 Å². The highest BCUT2D eigenvalue weighted by Crippen LogP contribution is 2.16. The van der Waals surface area contributed by atoms with Crippen LogP contribution < -0.4 is 0 Å². The summed E-state index contributed by atoms with van der Waals surface area (Å²) in [6, 6.07) is 11.8. The number of carbonyl (C=O) groups is 2. The summed E-state index contributed by atoms with van der Waals surface area (Å²) in [5.41, 5.74) is 0.886. The molecule has 0 bridgehead atoms. The Bertz CT molecular complexity index is 750. The molecule has 0 radical (unpaired) electrons. The van der Waals surface area contributed by atoms with Crippen LogP contribution in [0.15, 0.2) is 48.5 Å². The molecule has 1 N–H and O–H groups in total. The number of carboxylic acids is 1. The van der Waals surface area contributed by atoms with Crippen molar-refractivity contribution in [3.8, 4) is 0 Å². The predicted molar refractivity (Wildman–Crippen MR) is 88.8 cm³/mol. The Balaban J connectivity index is 2.12. The van der Waals surface area contributed by atoms with Crippen LogP contribution in [-0.4, -0.2) is 27.9 Å². The monoisotopic (exact) mass is 347 g/mol. The number of hydrogen-bond acceptors (Lipinski definition) is 2. The molecule has 2 rings (SSSR count). The van der Waals surface area contributed by atoms with E-state index in [0.717, 1.165) is 11.6 Å². The second-order valence-corrected chi connectivity index (χ2v) is 5.73. The zero-order valence-corrected chi connectivity index (χ0v) is 13.8. The van der Waals surface area contributed by atoms with Crippen LogP contribution in [0.5, 0.6) is 0 Å². The van der Waals surface area contributed by atoms with Crippen molar-refractivity contribution in [2.45, 2.75) is 32.4 Å². The van der Waals surface area contributed by atoms with E-state index in [1.807, 2.05) is 6.07 Å². The van der Waals surface area contributed by atoms with Crippen molar-refractivity contribution < 1.29 is 23.5 Å². The van der Waals surface area contributed by atoms with E-state index in [9.17, 15) is 23.5 Å². The van der Waals surface area contributed by atoms with E-state index in [4.69, 9.17) is 0 Å². The lowest BCUT2D eigenvalue weighted by atomic mass is 10.1. The zero-order chi connectivity index (χ0) is 18.4. The van der Waals surface area contributed by atoms with Crippen LogP contribution in [0, 0.1) is 11.6 Å². The maximum atomic E-state index is 13.7. The van der Waals surface area contributed by atoms with Crippen molar-refractivity contribution in [3.63, 3.8) is 0 Å². The Kier molecular flexibility index (Phi) is 6.22. The fourth-order valence-corrected chi connectivity index (χ4v) is 2.48. The Labute approximate surface area is 144 Å². The van der Waals surface area contributed by atoms with E-state index < -0.39 is 29.6 Å². The molecule has 0 saturated heterocycles. The molecule has 132 valence electrons. The van der Waals surface area contributed by atoms with Crippen LogP contribution in [0.1, 0.15) is 24.5 Å². The van der Waals surface area contributed by atoms with Crippen molar-refractivity contribution in [2.75, 3.05) is 0 Å². The molecule has 0 aliphatic rings. The van der Waals surface area contributed by atoms with Crippen LogP contribution in [0.4, 0.5) is 8.78 Å². The zero-order valence-electron chi connectivity index (χ0n) is 13.8. The van der Waals surface area contributed by atoms with Crippen molar-refractivity contribution in [3.05, 3.63) is 71.3 Å². The van der Waals surface area contributed by atoms with Gasteiger partial charge in [-0.25, -0.2) is 13.6 Å². The van der Waals surface area contributed by atoms with Crippen molar-refractivity contribution in [2.24, 2.45) is 0 Å². The van der Waals surface area contributed by atoms with Crippen molar-refractivity contribution in [1.29, 1.82) is 0 Å². The fraction of sp³-hybridized carbons (Fsp3) is 0.263. The van der Waals surface area contributed by atoms with E-state index in [1.54, 1.807) is 24.3 Å². The number of halogens is 2. The molecule has 2 aromatic rings. The van der Waals surface area contributed by atoms with Gasteiger partial charge in [-0.2, -0.15) is 0 Å². The maximum absolute atomic E-state index is 13.7. The minimum atomic E-state index is -1.12. The van der Waals surface area contributed by atoms with Gasteiger partial charge in [-0.3, -0.25) is 4.79 Å². The highest BCUT2D eigenvalue weighted by atomic mass is 19.2. The van der Waals surface area contributed by atoms with Gasteiger partial charge in [0.15, 0.2) is 11.6 Å². The topological polar surface area (TPSA) is 57.6 Å². The minimum Gasteiger partial charge on any atom is -0.480 e.